The molecule has 0 aliphatic heterocycles. The van der Waals surface area contributed by atoms with Gasteiger partial charge in [-0.05, 0) is 43.4 Å². The molecule has 0 aromatic heterocycles. The fraction of sp³-hybridized carbons (Fsp3) is 0.556. The summed E-state index contributed by atoms with van der Waals surface area (Å²) >= 11 is 0. The van der Waals surface area contributed by atoms with Crippen molar-refractivity contribution in [2.75, 3.05) is 6.54 Å². The van der Waals surface area contributed by atoms with Crippen LogP contribution in [0.5, 0.6) is 0 Å². The van der Waals surface area contributed by atoms with E-state index in [0.717, 1.165) is 50.6 Å². The Morgan fingerprint density at radius 1 is 1.20 bits per heavy atom. The van der Waals surface area contributed by atoms with E-state index < -0.39 is 5.60 Å². The first-order valence-corrected chi connectivity index (χ1v) is 7.84. The molecule has 1 aromatic rings. The van der Waals surface area contributed by atoms with Crippen molar-refractivity contribution in [3.63, 3.8) is 0 Å². The third-order valence-corrected chi connectivity index (χ3v) is 3.57. The lowest BCUT2D eigenvalue weighted by molar-refractivity contribution is 0.0714. The monoisotopic (exact) mass is 275 g/mol. The van der Waals surface area contributed by atoms with Gasteiger partial charge in [-0.3, -0.25) is 0 Å². The van der Waals surface area contributed by atoms with Crippen LogP contribution in [0.4, 0.5) is 0 Å². The van der Waals surface area contributed by atoms with Crippen LogP contribution in [-0.2, 0) is 6.42 Å². The van der Waals surface area contributed by atoms with Gasteiger partial charge >= 0.3 is 0 Å². The van der Waals surface area contributed by atoms with Crippen LogP contribution in [0.2, 0.25) is 0 Å². The molecular formula is C18H29NO. The first-order valence-electron chi connectivity index (χ1n) is 7.84. The quantitative estimate of drug-likeness (QED) is 0.717. The fourth-order valence-corrected chi connectivity index (χ4v) is 2.57. The third kappa shape index (κ3) is 5.89. The summed E-state index contributed by atoms with van der Waals surface area (Å²) in [6.07, 6.45) is 9.71. The van der Waals surface area contributed by atoms with E-state index in [1.807, 2.05) is 6.08 Å². The lowest BCUT2D eigenvalue weighted by Crippen LogP contribution is -2.24. The Kier molecular flexibility index (Phi) is 7.56. The SMILES string of the molecule is CCCC(O)(C=Cc1cccc(CCCN)c1)CCC. The number of aliphatic hydroxyl groups is 1. The van der Waals surface area contributed by atoms with Gasteiger partial charge < -0.3 is 10.8 Å². The zero-order valence-corrected chi connectivity index (χ0v) is 12.9. The average molecular weight is 275 g/mol. The summed E-state index contributed by atoms with van der Waals surface area (Å²) < 4.78 is 0. The smallest absolute Gasteiger partial charge is 0.0830 e. The van der Waals surface area contributed by atoms with Gasteiger partial charge in [0, 0.05) is 0 Å². The standard InChI is InChI=1S/C18H29NO/c1-3-11-18(20,12-4-2)13-10-17-8-5-7-16(15-17)9-6-14-19/h5,7-8,10,13,15,20H,3-4,6,9,11-12,14,19H2,1-2H3. The van der Waals surface area contributed by atoms with Crippen LogP contribution in [0, 0.1) is 0 Å². The highest BCUT2D eigenvalue weighted by Gasteiger charge is 2.20. The molecule has 0 atom stereocenters. The number of aryl methyl sites for hydroxylation is 1. The maximum Gasteiger partial charge on any atom is 0.0830 e. The highest BCUT2D eigenvalue weighted by Crippen LogP contribution is 2.22. The second kappa shape index (κ2) is 8.93. The van der Waals surface area contributed by atoms with Crippen LogP contribution in [0.3, 0.4) is 0 Å². The van der Waals surface area contributed by atoms with E-state index in [1.54, 1.807) is 0 Å². The molecule has 0 saturated carbocycles. The van der Waals surface area contributed by atoms with Crippen LogP contribution in [0.25, 0.3) is 6.08 Å². The number of hydrogen-bond donors (Lipinski definition) is 2. The molecule has 3 N–H and O–H groups in total. The summed E-state index contributed by atoms with van der Waals surface area (Å²) in [5.41, 5.74) is 7.36. The van der Waals surface area contributed by atoms with Crippen LogP contribution in [-0.4, -0.2) is 17.3 Å². The molecule has 0 spiro atoms. The van der Waals surface area contributed by atoms with Gasteiger partial charge in [0.1, 0.15) is 0 Å². The van der Waals surface area contributed by atoms with Crippen LogP contribution in [0.1, 0.15) is 57.1 Å². The lowest BCUT2D eigenvalue weighted by atomic mass is 9.91. The van der Waals surface area contributed by atoms with E-state index in [2.05, 4.69) is 44.2 Å². The van der Waals surface area contributed by atoms with Crippen molar-refractivity contribution in [2.45, 2.75) is 58.0 Å². The van der Waals surface area contributed by atoms with Crippen molar-refractivity contribution in [2.24, 2.45) is 5.73 Å². The summed E-state index contributed by atoms with van der Waals surface area (Å²) in [4.78, 5) is 0. The van der Waals surface area contributed by atoms with Crippen molar-refractivity contribution in [1.29, 1.82) is 0 Å². The summed E-state index contributed by atoms with van der Waals surface area (Å²) in [7, 11) is 0. The van der Waals surface area contributed by atoms with Crippen molar-refractivity contribution in [3.05, 3.63) is 41.5 Å². The zero-order chi connectivity index (χ0) is 14.8. The minimum atomic E-state index is -0.656. The van der Waals surface area contributed by atoms with E-state index in [9.17, 15) is 5.11 Å². The van der Waals surface area contributed by atoms with Gasteiger partial charge in [-0.2, -0.15) is 0 Å². The molecule has 0 fully saturated rings. The van der Waals surface area contributed by atoms with E-state index in [0.29, 0.717) is 0 Å². The Morgan fingerprint density at radius 2 is 1.90 bits per heavy atom. The number of rotatable bonds is 9. The summed E-state index contributed by atoms with van der Waals surface area (Å²) in [6, 6.07) is 8.48. The normalized spacial score (nSPS) is 12.2. The predicted molar refractivity (Wildman–Crippen MR) is 87.6 cm³/mol. The van der Waals surface area contributed by atoms with Gasteiger partial charge in [-0.25, -0.2) is 0 Å². The molecule has 1 rings (SSSR count). The average Bonchev–Trinajstić information content (AvgIpc) is 2.44. The molecule has 0 aliphatic carbocycles. The van der Waals surface area contributed by atoms with Crippen molar-refractivity contribution < 1.29 is 5.11 Å². The highest BCUT2D eigenvalue weighted by molar-refractivity contribution is 5.51. The molecule has 0 heterocycles. The lowest BCUT2D eigenvalue weighted by Gasteiger charge is -2.23. The molecule has 2 heteroatoms. The number of nitrogens with two attached hydrogens (primary N) is 1. The predicted octanol–water partition coefficient (Wildman–Crippen LogP) is 3.92. The minimum Gasteiger partial charge on any atom is -0.386 e. The van der Waals surface area contributed by atoms with Gasteiger partial charge in [-0.15, -0.1) is 0 Å². The van der Waals surface area contributed by atoms with Crippen molar-refractivity contribution >= 4 is 6.08 Å². The van der Waals surface area contributed by atoms with Gasteiger partial charge in [0.2, 0.25) is 0 Å². The largest absolute Gasteiger partial charge is 0.386 e. The first-order chi connectivity index (χ1) is 9.63. The molecule has 0 amide bonds. The van der Waals surface area contributed by atoms with Gasteiger partial charge in [0.15, 0.2) is 0 Å². The van der Waals surface area contributed by atoms with Gasteiger partial charge in [0.05, 0.1) is 5.60 Å². The summed E-state index contributed by atoms with van der Waals surface area (Å²) in [6.45, 7) is 4.96. The molecule has 20 heavy (non-hydrogen) atoms. The molecule has 0 aliphatic rings. The maximum absolute atomic E-state index is 10.6. The molecule has 112 valence electrons. The van der Waals surface area contributed by atoms with Gasteiger partial charge in [0.25, 0.3) is 0 Å². The Balaban J connectivity index is 2.76. The number of hydrogen-bond acceptors (Lipinski definition) is 2. The number of benzene rings is 1. The molecular weight excluding hydrogens is 246 g/mol. The second-order valence-electron chi connectivity index (χ2n) is 5.57. The van der Waals surface area contributed by atoms with E-state index >= 15 is 0 Å². The van der Waals surface area contributed by atoms with Gasteiger partial charge in [-0.1, -0.05) is 63.1 Å². The Morgan fingerprint density at radius 3 is 2.50 bits per heavy atom. The fourth-order valence-electron chi connectivity index (χ4n) is 2.57. The van der Waals surface area contributed by atoms with Crippen molar-refractivity contribution in [3.8, 4) is 0 Å². The topological polar surface area (TPSA) is 46.2 Å². The van der Waals surface area contributed by atoms with E-state index in [1.165, 1.54) is 5.56 Å². The van der Waals surface area contributed by atoms with Crippen LogP contribution in [0.15, 0.2) is 30.3 Å². The second-order valence-corrected chi connectivity index (χ2v) is 5.57. The molecule has 2 nitrogen and oxygen atoms in total. The van der Waals surface area contributed by atoms with Crippen molar-refractivity contribution in [1.82, 2.24) is 0 Å². The first kappa shape index (κ1) is 16.9. The molecule has 0 unspecified atom stereocenters. The Hall–Kier alpha value is -1.12. The Bertz CT molecular complexity index is 406. The minimum absolute atomic E-state index is 0.656. The summed E-state index contributed by atoms with van der Waals surface area (Å²) in [5, 5.41) is 10.6. The highest BCUT2D eigenvalue weighted by atomic mass is 16.3. The molecule has 0 saturated heterocycles. The molecule has 0 radical (unpaired) electrons. The molecule has 0 bridgehead atoms. The zero-order valence-electron chi connectivity index (χ0n) is 12.9. The van der Waals surface area contributed by atoms with E-state index in [4.69, 9.17) is 5.73 Å². The summed E-state index contributed by atoms with van der Waals surface area (Å²) in [5.74, 6) is 0. The van der Waals surface area contributed by atoms with Crippen LogP contribution < -0.4 is 5.73 Å². The maximum atomic E-state index is 10.6. The Labute approximate surface area is 123 Å². The van der Waals surface area contributed by atoms with Crippen LogP contribution >= 0.6 is 0 Å². The molecule has 1 aromatic carbocycles. The van der Waals surface area contributed by atoms with E-state index in [-0.39, 0.29) is 0 Å². The third-order valence-electron chi connectivity index (χ3n) is 3.57.